The molecule has 2 aromatic rings. The minimum Gasteiger partial charge on any atom is -0.371 e. The van der Waals surface area contributed by atoms with Crippen LogP contribution in [0.3, 0.4) is 0 Å². The Morgan fingerprint density at radius 2 is 1.83 bits per heavy atom. The van der Waals surface area contributed by atoms with Crippen molar-refractivity contribution in [3.63, 3.8) is 0 Å². The van der Waals surface area contributed by atoms with Crippen LogP contribution < -0.4 is 14.5 Å². The van der Waals surface area contributed by atoms with E-state index >= 15 is 0 Å². The highest BCUT2D eigenvalue weighted by Crippen LogP contribution is 2.27. The van der Waals surface area contributed by atoms with Crippen molar-refractivity contribution in [1.29, 1.82) is 0 Å². The van der Waals surface area contributed by atoms with Crippen molar-refractivity contribution in [2.24, 2.45) is 0 Å². The number of amides is 1. The van der Waals surface area contributed by atoms with Gasteiger partial charge >= 0.3 is 10.2 Å². The fourth-order valence-corrected chi connectivity index (χ4v) is 4.54. The number of carbonyl (C=O) groups excluding carboxylic acids is 1. The molecule has 0 spiro atoms. The molecular weight excluding hydrogens is 407 g/mol. The summed E-state index contributed by atoms with van der Waals surface area (Å²) in [6.45, 7) is 1.67. The number of anilines is 2. The predicted octanol–water partition coefficient (Wildman–Crippen LogP) is 2.01. The first-order valence-electron chi connectivity index (χ1n) is 9.85. The van der Waals surface area contributed by atoms with Gasteiger partial charge in [0.1, 0.15) is 12.4 Å². The van der Waals surface area contributed by atoms with E-state index in [4.69, 9.17) is 0 Å². The van der Waals surface area contributed by atoms with Crippen LogP contribution >= 0.6 is 0 Å². The lowest BCUT2D eigenvalue weighted by atomic mass is 10.2. The van der Waals surface area contributed by atoms with Crippen molar-refractivity contribution in [3.05, 3.63) is 59.9 Å². The van der Waals surface area contributed by atoms with Crippen molar-refractivity contribution >= 4 is 27.5 Å². The van der Waals surface area contributed by atoms with Gasteiger partial charge in [0.05, 0.1) is 5.69 Å². The zero-order valence-corrected chi connectivity index (χ0v) is 18.0. The number of hydrogen-bond donors (Lipinski definition) is 1. The van der Waals surface area contributed by atoms with Crippen LogP contribution in [0.25, 0.3) is 0 Å². The molecule has 0 fully saturated rings. The van der Waals surface area contributed by atoms with Gasteiger partial charge < -0.3 is 10.2 Å². The molecule has 30 heavy (non-hydrogen) atoms. The zero-order chi connectivity index (χ0) is 21.7. The molecule has 1 heterocycles. The Balaban J connectivity index is 1.57. The number of hydrogen-bond acceptors (Lipinski definition) is 4. The second-order valence-corrected chi connectivity index (χ2v) is 9.38. The minimum absolute atomic E-state index is 0.157. The molecule has 1 N–H and O–H groups in total. The quantitative estimate of drug-likeness (QED) is 0.613. The summed E-state index contributed by atoms with van der Waals surface area (Å²) in [7, 11) is -1.34. The van der Waals surface area contributed by atoms with Crippen molar-refractivity contribution in [2.75, 3.05) is 49.5 Å². The van der Waals surface area contributed by atoms with E-state index in [9.17, 15) is 17.6 Å². The smallest absolute Gasteiger partial charge is 0.304 e. The van der Waals surface area contributed by atoms with E-state index in [-0.39, 0.29) is 5.69 Å². The van der Waals surface area contributed by atoms with Crippen molar-refractivity contribution in [3.8, 4) is 0 Å². The molecule has 2 aromatic carbocycles. The molecule has 0 saturated heterocycles. The van der Waals surface area contributed by atoms with Crippen LogP contribution in [0.2, 0.25) is 0 Å². The molecule has 0 aromatic heterocycles. The molecule has 1 amide bonds. The van der Waals surface area contributed by atoms with Gasteiger partial charge in [0.2, 0.25) is 5.91 Å². The maximum atomic E-state index is 14.2. The fraction of sp³-hybridized carbons (Fsp3) is 0.381. The second kappa shape index (κ2) is 9.44. The van der Waals surface area contributed by atoms with E-state index in [2.05, 4.69) is 22.3 Å². The predicted molar refractivity (Wildman–Crippen MR) is 116 cm³/mol. The van der Waals surface area contributed by atoms with E-state index in [0.717, 1.165) is 34.5 Å². The number of fused-ring (bicyclic) bond motifs is 1. The van der Waals surface area contributed by atoms with Crippen LogP contribution in [0.1, 0.15) is 12.0 Å². The Hall–Kier alpha value is -2.65. The number of carbonyl (C=O) groups is 1. The lowest BCUT2D eigenvalue weighted by Gasteiger charge is -2.27. The summed E-state index contributed by atoms with van der Waals surface area (Å²) in [4.78, 5) is 14.7. The fourth-order valence-electron chi connectivity index (χ4n) is 3.47. The monoisotopic (exact) mass is 434 g/mol. The van der Waals surface area contributed by atoms with Gasteiger partial charge in [-0.2, -0.15) is 12.7 Å². The molecule has 1 aliphatic heterocycles. The van der Waals surface area contributed by atoms with E-state index in [1.54, 1.807) is 0 Å². The van der Waals surface area contributed by atoms with Crippen LogP contribution in [-0.4, -0.2) is 58.9 Å². The van der Waals surface area contributed by atoms with Crippen LogP contribution in [-0.2, 0) is 21.4 Å². The molecule has 1 aliphatic rings. The summed E-state index contributed by atoms with van der Waals surface area (Å²) in [6.07, 6.45) is 1.74. The van der Waals surface area contributed by atoms with E-state index in [1.165, 1.54) is 49.6 Å². The molecule has 9 heteroatoms. The number of nitrogens with one attached hydrogen (secondary N) is 1. The normalized spacial score (nSPS) is 13.4. The van der Waals surface area contributed by atoms with Crippen molar-refractivity contribution in [1.82, 2.24) is 9.62 Å². The lowest BCUT2D eigenvalue weighted by Crippen LogP contribution is -2.46. The third kappa shape index (κ3) is 4.91. The van der Waals surface area contributed by atoms with E-state index < -0.39 is 28.5 Å². The molecule has 0 saturated carbocycles. The SMILES string of the molecule is CN(C)S(=O)(=O)N(CC(=O)NCCCN1CCc2ccccc21)c1ccccc1F. The van der Waals surface area contributed by atoms with E-state index in [1.807, 2.05) is 12.1 Å². The Labute approximate surface area is 177 Å². The van der Waals surface area contributed by atoms with Crippen LogP contribution in [0.4, 0.5) is 15.8 Å². The number of nitrogens with zero attached hydrogens (tertiary/aromatic N) is 3. The summed E-state index contributed by atoms with van der Waals surface area (Å²) in [5.74, 6) is -1.19. The van der Waals surface area contributed by atoms with Gasteiger partial charge in [-0.15, -0.1) is 0 Å². The largest absolute Gasteiger partial charge is 0.371 e. The van der Waals surface area contributed by atoms with Crippen molar-refractivity contribution < 1.29 is 17.6 Å². The van der Waals surface area contributed by atoms with Gasteiger partial charge in [-0.1, -0.05) is 30.3 Å². The molecule has 0 radical (unpaired) electrons. The van der Waals surface area contributed by atoms with Gasteiger partial charge in [0.15, 0.2) is 0 Å². The molecule has 3 rings (SSSR count). The zero-order valence-electron chi connectivity index (χ0n) is 17.2. The first-order valence-corrected chi connectivity index (χ1v) is 11.2. The summed E-state index contributed by atoms with van der Waals surface area (Å²) in [6, 6.07) is 13.8. The van der Waals surface area contributed by atoms with Crippen LogP contribution in [0, 0.1) is 5.82 Å². The second-order valence-electron chi connectivity index (χ2n) is 7.32. The van der Waals surface area contributed by atoms with Gasteiger partial charge in [-0.25, -0.2) is 8.70 Å². The highest BCUT2D eigenvalue weighted by molar-refractivity contribution is 7.90. The Kier molecular flexibility index (Phi) is 6.94. The number of halogens is 1. The first-order chi connectivity index (χ1) is 14.3. The van der Waals surface area contributed by atoms with E-state index in [0.29, 0.717) is 6.54 Å². The highest BCUT2D eigenvalue weighted by atomic mass is 32.2. The number of para-hydroxylation sites is 2. The summed E-state index contributed by atoms with van der Waals surface area (Å²) in [5, 5.41) is 2.75. The standard InChI is InChI=1S/C21H27FN4O3S/c1-24(2)30(28,29)26(20-11-6-4-9-18(20)22)16-21(27)23-13-7-14-25-15-12-17-8-3-5-10-19(17)25/h3-6,8-11H,7,12-16H2,1-2H3,(H,23,27). The van der Waals surface area contributed by atoms with Gasteiger partial charge in [-0.3, -0.25) is 4.79 Å². The maximum absolute atomic E-state index is 14.2. The molecule has 162 valence electrons. The topological polar surface area (TPSA) is 73.0 Å². The summed E-state index contributed by atoms with van der Waals surface area (Å²) >= 11 is 0. The third-order valence-corrected chi connectivity index (χ3v) is 6.86. The average molecular weight is 435 g/mol. The molecule has 0 bridgehead atoms. The first kappa shape index (κ1) is 22.0. The van der Waals surface area contributed by atoms with Crippen LogP contribution in [0.5, 0.6) is 0 Å². The Morgan fingerprint density at radius 1 is 1.13 bits per heavy atom. The average Bonchev–Trinajstić information content (AvgIpc) is 3.13. The van der Waals surface area contributed by atoms with Gasteiger partial charge in [0.25, 0.3) is 0 Å². The molecule has 0 aliphatic carbocycles. The number of benzene rings is 2. The van der Waals surface area contributed by atoms with Crippen molar-refractivity contribution in [2.45, 2.75) is 12.8 Å². The van der Waals surface area contributed by atoms with Crippen LogP contribution in [0.15, 0.2) is 48.5 Å². The molecule has 0 atom stereocenters. The van der Waals surface area contributed by atoms with Gasteiger partial charge in [-0.05, 0) is 36.6 Å². The molecule has 7 nitrogen and oxygen atoms in total. The minimum atomic E-state index is -4.03. The lowest BCUT2D eigenvalue weighted by molar-refractivity contribution is -0.119. The molecule has 0 unspecified atom stereocenters. The summed E-state index contributed by atoms with van der Waals surface area (Å²) < 4.78 is 41.2. The summed E-state index contributed by atoms with van der Waals surface area (Å²) in [5.41, 5.74) is 2.40. The maximum Gasteiger partial charge on any atom is 0.304 e. The highest BCUT2D eigenvalue weighted by Gasteiger charge is 2.29. The molecular formula is C21H27FN4O3S. The third-order valence-electron chi connectivity index (χ3n) is 5.06. The van der Waals surface area contributed by atoms with Gasteiger partial charge in [0, 0.05) is 39.4 Å². The Bertz CT molecular complexity index is 997. The Morgan fingerprint density at radius 3 is 2.57 bits per heavy atom. The number of rotatable bonds is 9.